The smallest absolute Gasteiger partial charge is 0.258 e. The Bertz CT molecular complexity index is 1020. The van der Waals surface area contributed by atoms with Crippen molar-refractivity contribution in [1.82, 2.24) is 9.55 Å². The van der Waals surface area contributed by atoms with Gasteiger partial charge >= 0.3 is 0 Å². The third-order valence-corrected chi connectivity index (χ3v) is 4.81. The van der Waals surface area contributed by atoms with Gasteiger partial charge in [-0.2, -0.15) is 0 Å². The summed E-state index contributed by atoms with van der Waals surface area (Å²) in [5.41, 5.74) is 8.81. The van der Waals surface area contributed by atoms with Crippen LogP contribution < -0.4 is 16.0 Å². The maximum atomic E-state index is 12.9. The molecule has 5 heteroatoms. The van der Waals surface area contributed by atoms with Crippen LogP contribution in [0.5, 0.6) is 5.75 Å². The summed E-state index contributed by atoms with van der Waals surface area (Å²) >= 11 is 0. The highest BCUT2D eigenvalue weighted by molar-refractivity contribution is 6.06. The van der Waals surface area contributed by atoms with E-state index in [0.717, 1.165) is 39.7 Å². The van der Waals surface area contributed by atoms with Crippen LogP contribution in [0.4, 0.5) is 0 Å². The molecular formula is C21H27N3O2. The van der Waals surface area contributed by atoms with Crippen molar-refractivity contribution < 1.29 is 4.74 Å². The zero-order valence-corrected chi connectivity index (χ0v) is 16.2. The normalized spacial score (nSPS) is 12.9. The Labute approximate surface area is 153 Å². The molecule has 5 nitrogen and oxygen atoms in total. The Hall–Kier alpha value is -2.40. The van der Waals surface area contributed by atoms with E-state index in [1.54, 1.807) is 17.8 Å². The van der Waals surface area contributed by atoms with Crippen LogP contribution >= 0.6 is 0 Å². The molecular weight excluding hydrogens is 326 g/mol. The van der Waals surface area contributed by atoms with Crippen LogP contribution in [0.15, 0.2) is 29.2 Å². The average molecular weight is 353 g/mol. The van der Waals surface area contributed by atoms with Gasteiger partial charge in [0.2, 0.25) is 0 Å². The van der Waals surface area contributed by atoms with Gasteiger partial charge in [0.15, 0.2) is 0 Å². The number of hydrogen-bond donors (Lipinski definition) is 1. The van der Waals surface area contributed by atoms with Gasteiger partial charge in [0, 0.05) is 24.7 Å². The molecule has 1 atom stereocenters. The van der Waals surface area contributed by atoms with Crippen LogP contribution in [-0.4, -0.2) is 22.2 Å². The molecule has 2 heterocycles. The second-order valence-corrected chi connectivity index (χ2v) is 7.52. The number of aromatic nitrogens is 2. The molecule has 1 aromatic carbocycles. The summed E-state index contributed by atoms with van der Waals surface area (Å²) in [4.78, 5) is 17.2. The van der Waals surface area contributed by atoms with E-state index in [9.17, 15) is 4.79 Å². The van der Waals surface area contributed by atoms with Gasteiger partial charge < -0.3 is 15.0 Å². The molecule has 0 saturated heterocycles. The summed E-state index contributed by atoms with van der Waals surface area (Å²) in [6, 6.07) is 5.83. The SMILES string of the molecule is Cc1cc2c(cc1OCC(N)CC(C)C)c(=O)n(C)c1c(C)nccc21. The highest BCUT2D eigenvalue weighted by Crippen LogP contribution is 2.29. The highest BCUT2D eigenvalue weighted by atomic mass is 16.5. The van der Waals surface area contributed by atoms with Crippen molar-refractivity contribution >= 4 is 21.7 Å². The molecule has 2 N–H and O–H groups in total. The Morgan fingerprint density at radius 1 is 1.19 bits per heavy atom. The third-order valence-electron chi connectivity index (χ3n) is 4.81. The summed E-state index contributed by atoms with van der Waals surface area (Å²) in [5.74, 6) is 1.25. The van der Waals surface area contributed by atoms with Gasteiger partial charge in [0.1, 0.15) is 12.4 Å². The number of fused-ring (bicyclic) bond motifs is 3. The first-order valence-corrected chi connectivity index (χ1v) is 9.06. The van der Waals surface area contributed by atoms with Crippen molar-refractivity contribution in [2.24, 2.45) is 18.7 Å². The monoisotopic (exact) mass is 353 g/mol. The fourth-order valence-corrected chi connectivity index (χ4v) is 3.60. The largest absolute Gasteiger partial charge is 0.492 e. The van der Waals surface area contributed by atoms with Gasteiger partial charge in [-0.3, -0.25) is 9.78 Å². The molecule has 0 radical (unpaired) electrons. The number of rotatable bonds is 5. The van der Waals surface area contributed by atoms with E-state index in [1.807, 2.05) is 32.0 Å². The van der Waals surface area contributed by atoms with Crippen molar-refractivity contribution in [2.45, 2.75) is 40.2 Å². The maximum Gasteiger partial charge on any atom is 0.258 e. The molecule has 3 aromatic rings. The topological polar surface area (TPSA) is 70.1 Å². The number of aryl methyl sites for hydroxylation is 3. The molecule has 2 aromatic heterocycles. The predicted molar refractivity (Wildman–Crippen MR) is 107 cm³/mol. The molecule has 26 heavy (non-hydrogen) atoms. The molecule has 0 amide bonds. The fourth-order valence-electron chi connectivity index (χ4n) is 3.60. The predicted octanol–water partition coefficient (Wildman–Crippen LogP) is 3.46. The standard InChI is InChI=1S/C21H27N3O2/c1-12(2)8-15(22)11-26-19-10-18-17(9-13(19)3)16-6-7-23-14(4)20(16)24(5)21(18)25/h6-7,9-10,12,15H,8,11,22H2,1-5H3. The molecule has 0 saturated carbocycles. The minimum atomic E-state index is -0.0417. The lowest BCUT2D eigenvalue weighted by atomic mass is 10.0. The first-order valence-electron chi connectivity index (χ1n) is 9.06. The molecule has 0 aliphatic rings. The Morgan fingerprint density at radius 2 is 1.92 bits per heavy atom. The van der Waals surface area contributed by atoms with E-state index in [4.69, 9.17) is 10.5 Å². The van der Waals surface area contributed by atoms with E-state index in [2.05, 4.69) is 18.8 Å². The minimum Gasteiger partial charge on any atom is -0.492 e. The van der Waals surface area contributed by atoms with Crippen LogP contribution in [0, 0.1) is 19.8 Å². The lowest BCUT2D eigenvalue weighted by Crippen LogP contribution is -2.29. The molecule has 0 fully saturated rings. The zero-order chi connectivity index (χ0) is 19.0. The second-order valence-electron chi connectivity index (χ2n) is 7.52. The average Bonchev–Trinajstić information content (AvgIpc) is 2.57. The van der Waals surface area contributed by atoms with E-state index < -0.39 is 0 Å². The van der Waals surface area contributed by atoms with Gasteiger partial charge in [0.05, 0.1) is 16.6 Å². The number of nitrogens with two attached hydrogens (primary N) is 1. The van der Waals surface area contributed by atoms with Crippen molar-refractivity contribution in [1.29, 1.82) is 0 Å². The van der Waals surface area contributed by atoms with Gasteiger partial charge in [-0.05, 0) is 55.3 Å². The van der Waals surface area contributed by atoms with Crippen LogP contribution in [0.3, 0.4) is 0 Å². The first kappa shape index (κ1) is 18.4. The number of pyridine rings is 2. The zero-order valence-electron chi connectivity index (χ0n) is 16.2. The second kappa shape index (κ2) is 7.08. The van der Waals surface area contributed by atoms with Crippen LogP contribution in [0.1, 0.15) is 31.5 Å². The van der Waals surface area contributed by atoms with Gasteiger partial charge in [-0.1, -0.05) is 13.8 Å². The molecule has 0 spiro atoms. The van der Waals surface area contributed by atoms with Crippen molar-refractivity contribution in [3.05, 3.63) is 46.0 Å². The number of benzene rings is 1. The summed E-state index contributed by atoms with van der Waals surface area (Å²) in [6.45, 7) is 8.66. The molecule has 0 aliphatic carbocycles. The first-order chi connectivity index (χ1) is 12.3. The van der Waals surface area contributed by atoms with Crippen molar-refractivity contribution in [3.8, 4) is 5.75 Å². The highest BCUT2D eigenvalue weighted by Gasteiger charge is 2.14. The van der Waals surface area contributed by atoms with Gasteiger partial charge in [-0.25, -0.2) is 0 Å². The Kier molecular flexibility index (Phi) is 5.01. The quantitative estimate of drug-likeness (QED) is 0.713. The Morgan fingerprint density at radius 3 is 2.62 bits per heavy atom. The van der Waals surface area contributed by atoms with Crippen LogP contribution in [0.2, 0.25) is 0 Å². The minimum absolute atomic E-state index is 0.0155. The summed E-state index contributed by atoms with van der Waals surface area (Å²) in [6.07, 6.45) is 2.69. The summed E-state index contributed by atoms with van der Waals surface area (Å²) < 4.78 is 7.62. The molecule has 138 valence electrons. The van der Waals surface area contributed by atoms with E-state index in [0.29, 0.717) is 17.9 Å². The number of hydrogen-bond acceptors (Lipinski definition) is 4. The summed E-state index contributed by atoms with van der Waals surface area (Å²) in [5, 5.41) is 2.62. The third kappa shape index (κ3) is 3.31. The number of ether oxygens (including phenoxy) is 1. The van der Waals surface area contributed by atoms with Gasteiger partial charge in [-0.15, -0.1) is 0 Å². The van der Waals surface area contributed by atoms with Crippen molar-refractivity contribution in [2.75, 3.05) is 6.61 Å². The lowest BCUT2D eigenvalue weighted by Gasteiger charge is -2.17. The van der Waals surface area contributed by atoms with Crippen LogP contribution in [-0.2, 0) is 7.05 Å². The fraction of sp³-hybridized carbons (Fsp3) is 0.429. The molecule has 0 bridgehead atoms. The Balaban J connectivity index is 2.10. The van der Waals surface area contributed by atoms with Crippen LogP contribution in [0.25, 0.3) is 21.7 Å². The maximum absolute atomic E-state index is 12.9. The van der Waals surface area contributed by atoms with E-state index in [1.165, 1.54) is 0 Å². The molecule has 3 rings (SSSR count). The number of nitrogens with zero attached hydrogens (tertiary/aromatic N) is 2. The lowest BCUT2D eigenvalue weighted by molar-refractivity contribution is 0.270. The van der Waals surface area contributed by atoms with E-state index >= 15 is 0 Å². The van der Waals surface area contributed by atoms with Gasteiger partial charge in [0.25, 0.3) is 5.56 Å². The summed E-state index contributed by atoms with van der Waals surface area (Å²) in [7, 11) is 1.79. The van der Waals surface area contributed by atoms with E-state index in [-0.39, 0.29) is 11.6 Å². The van der Waals surface area contributed by atoms with Crippen molar-refractivity contribution in [3.63, 3.8) is 0 Å². The molecule has 1 unspecified atom stereocenters. The molecule has 0 aliphatic heterocycles.